The van der Waals surface area contributed by atoms with E-state index in [1.807, 2.05) is 11.0 Å². The van der Waals surface area contributed by atoms with E-state index in [4.69, 9.17) is 0 Å². The maximum absolute atomic E-state index is 12.8. The summed E-state index contributed by atoms with van der Waals surface area (Å²) in [5, 5.41) is 10.9. The van der Waals surface area contributed by atoms with Gasteiger partial charge in [-0.05, 0) is 36.8 Å². The Morgan fingerprint density at radius 3 is 2.59 bits per heavy atom. The Kier molecular flexibility index (Phi) is 4.93. The summed E-state index contributed by atoms with van der Waals surface area (Å²) in [6.07, 6.45) is 3.73. The van der Waals surface area contributed by atoms with Crippen LogP contribution in [0.2, 0.25) is 0 Å². The van der Waals surface area contributed by atoms with E-state index >= 15 is 0 Å². The number of nitrogens with zero attached hydrogens (tertiary/aromatic N) is 4. The molecule has 6 heteroatoms. The quantitative estimate of drug-likeness (QED) is 0.802. The van der Waals surface area contributed by atoms with Crippen LogP contribution in [0, 0.1) is 5.92 Å². The molecule has 1 aromatic heterocycles. The molecule has 2 aromatic rings. The summed E-state index contributed by atoms with van der Waals surface area (Å²) in [5.74, 6) is 0.751. The van der Waals surface area contributed by atoms with Crippen LogP contribution < -0.4 is 9.80 Å². The second kappa shape index (κ2) is 7.23. The molecule has 2 aliphatic rings. The summed E-state index contributed by atoms with van der Waals surface area (Å²) in [4.78, 5) is 17.2. The summed E-state index contributed by atoms with van der Waals surface area (Å²) in [5.41, 5.74) is 2.46. The molecule has 5 nitrogen and oxygen atoms in total. The highest BCUT2D eigenvalue weighted by Crippen LogP contribution is 2.33. The van der Waals surface area contributed by atoms with E-state index in [-0.39, 0.29) is 11.3 Å². The number of benzene rings is 1. The average molecular weight is 385 g/mol. The van der Waals surface area contributed by atoms with Gasteiger partial charge in [0.05, 0.1) is 0 Å². The van der Waals surface area contributed by atoms with Crippen LogP contribution >= 0.6 is 11.3 Å². The van der Waals surface area contributed by atoms with Crippen molar-refractivity contribution in [2.24, 2.45) is 5.92 Å². The zero-order valence-corrected chi connectivity index (χ0v) is 17.3. The van der Waals surface area contributed by atoms with Crippen molar-refractivity contribution in [1.82, 2.24) is 10.2 Å². The van der Waals surface area contributed by atoms with Crippen LogP contribution in [-0.4, -0.2) is 35.7 Å². The average Bonchev–Trinajstić information content (AvgIpc) is 3.29. The van der Waals surface area contributed by atoms with Crippen LogP contribution in [0.1, 0.15) is 50.6 Å². The Balaban J connectivity index is 1.32. The van der Waals surface area contributed by atoms with E-state index in [1.54, 1.807) is 11.3 Å². The molecular formula is C21H28N4OS. The molecule has 0 N–H and O–H groups in total. The van der Waals surface area contributed by atoms with Gasteiger partial charge in [-0.1, -0.05) is 50.3 Å². The van der Waals surface area contributed by atoms with E-state index in [0.717, 1.165) is 54.7 Å². The zero-order chi connectivity index (χ0) is 19.0. The lowest BCUT2D eigenvalue weighted by molar-refractivity contribution is -0.119. The molecule has 0 radical (unpaired) electrons. The number of hydrogen-bond donors (Lipinski definition) is 0. The first-order chi connectivity index (χ1) is 12.9. The van der Waals surface area contributed by atoms with Gasteiger partial charge in [0, 0.05) is 37.2 Å². The molecule has 0 bridgehead atoms. The van der Waals surface area contributed by atoms with Crippen molar-refractivity contribution >= 4 is 28.1 Å². The van der Waals surface area contributed by atoms with E-state index in [9.17, 15) is 4.79 Å². The topological polar surface area (TPSA) is 49.3 Å². The highest BCUT2D eigenvalue weighted by atomic mass is 32.1. The van der Waals surface area contributed by atoms with Gasteiger partial charge in [0.1, 0.15) is 5.01 Å². The number of aromatic nitrogens is 2. The molecule has 3 heterocycles. The normalized spacial score (nSPS) is 18.0. The fraction of sp³-hybridized carbons (Fsp3) is 0.571. The molecule has 1 fully saturated rings. The Morgan fingerprint density at radius 1 is 1.15 bits per heavy atom. The highest BCUT2D eigenvalue weighted by molar-refractivity contribution is 7.15. The monoisotopic (exact) mass is 384 g/mol. The molecule has 144 valence electrons. The van der Waals surface area contributed by atoms with E-state index in [0.29, 0.717) is 12.3 Å². The van der Waals surface area contributed by atoms with E-state index in [1.165, 1.54) is 5.56 Å². The third kappa shape index (κ3) is 3.86. The number of para-hydroxylation sites is 1. The van der Waals surface area contributed by atoms with Gasteiger partial charge in [-0.25, -0.2) is 0 Å². The molecular weight excluding hydrogens is 356 g/mol. The standard InChI is InChI=1S/C21H28N4OS/c1-21(2,3)19-22-23-20(27-19)24-11-8-15(9-12-24)14-18(26)25-13-10-16-6-4-5-7-17(16)25/h4-7,15H,8-14H2,1-3H3. The predicted molar refractivity (Wildman–Crippen MR) is 111 cm³/mol. The minimum Gasteiger partial charge on any atom is -0.347 e. The highest BCUT2D eigenvalue weighted by Gasteiger charge is 2.29. The summed E-state index contributed by atoms with van der Waals surface area (Å²) < 4.78 is 0. The van der Waals surface area contributed by atoms with Gasteiger partial charge in [-0.2, -0.15) is 0 Å². The van der Waals surface area contributed by atoms with Crippen molar-refractivity contribution in [1.29, 1.82) is 0 Å². The lowest BCUT2D eigenvalue weighted by Crippen LogP contribution is -2.37. The largest absolute Gasteiger partial charge is 0.347 e. The molecule has 0 unspecified atom stereocenters. The first-order valence-electron chi connectivity index (χ1n) is 9.89. The summed E-state index contributed by atoms with van der Waals surface area (Å²) in [6.45, 7) is 9.28. The molecule has 2 aliphatic heterocycles. The second-order valence-electron chi connectivity index (χ2n) is 8.70. The minimum absolute atomic E-state index is 0.0483. The van der Waals surface area contributed by atoms with Crippen LogP contribution in [0.4, 0.5) is 10.8 Å². The maximum atomic E-state index is 12.8. The molecule has 4 rings (SSSR count). The lowest BCUT2D eigenvalue weighted by Gasteiger charge is -2.32. The number of piperidine rings is 1. The Hall–Kier alpha value is -1.95. The molecule has 0 spiro atoms. The van der Waals surface area contributed by atoms with Gasteiger partial charge >= 0.3 is 0 Å². The number of anilines is 2. The van der Waals surface area contributed by atoms with Crippen molar-refractivity contribution in [3.63, 3.8) is 0 Å². The number of fused-ring (bicyclic) bond motifs is 1. The van der Waals surface area contributed by atoms with E-state index in [2.05, 4.69) is 54.1 Å². The number of carbonyl (C=O) groups excluding carboxylic acids is 1. The molecule has 0 saturated carbocycles. The minimum atomic E-state index is 0.0483. The third-order valence-corrected chi connectivity index (χ3v) is 7.00. The third-order valence-electron chi connectivity index (χ3n) is 5.59. The van der Waals surface area contributed by atoms with Gasteiger partial charge in [0.15, 0.2) is 0 Å². The van der Waals surface area contributed by atoms with Crippen LogP contribution in [0.15, 0.2) is 24.3 Å². The number of hydrogen-bond acceptors (Lipinski definition) is 5. The predicted octanol–water partition coefficient (Wildman–Crippen LogP) is 4.03. The smallest absolute Gasteiger partial charge is 0.227 e. The molecule has 1 aromatic carbocycles. The van der Waals surface area contributed by atoms with Crippen molar-refractivity contribution in [2.75, 3.05) is 29.4 Å². The van der Waals surface area contributed by atoms with Crippen LogP contribution in [-0.2, 0) is 16.6 Å². The van der Waals surface area contributed by atoms with Gasteiger partial charge in [0.25, 0.3) is 0 Å². The summed E-state index contributed by atoms with van der Waals surface area (Å²) >= 11 is 1.70. The number of rotatable bonds is 3. The molecule has 0 aliphatic carbocycles. The lowest BCUT2D eigenvalue weighted by atomic mass is 9.93. The van der Waals surface area contributed by atoms with Crippen molar-refractivity contribution < 1.29 is 4.79 Å². The first-order valence-corrected chi connectivity index (χ1v) is 10.7. The number of amides is 1. The maximum Gasteiger partial charge on any atom is 0.227 e. The van der Waals surface area contributed by atoms with Crippen LogP contribution in [0.3, 0.4) is 0 Å². The van der Waals surface area contributed by atoms with Crippen LogP contribution in [0.5, 0.6) is 0 Å². The fourth-order valence-electron chi connectivity index (χ4n) is 3.93. The zero-order valence-electron chi connectivity index (χ0n) is 16.4. The van der Waals surface area contributed by atoms with Gasteiger partial charge in [-0.15, -0.1) is 10.2 Å². The van der Waals surface area contributed by atoms with Gasteiger partial charge in [-0.3, -0.25) is 4.79 Å². The molecule has 0 atom stereocenters. The molecule has 1 amide bonds. The van der Waals surface area contributed by atoms with Gasteiger partial charge in [0.2, 0.25) is 11.0 Å². The second-order valence-corrected chi connectivity index (χ2v) is 9.65. The fourth-order valence-corrected chi connectivity index (χ4v) is 4.88. The first kappa shape index (κ1) is 18.4. The van der Waals surface area contributed by atoms with Crippen LogP contribution in [0.25, 0.3) is 0 Å². The van der Waals surface area contributed by atoms with Crippen molar-refractivity contribution in [3.8, 4) is 0 Å². The molecule has 27 heavy (non-hydrogen) atoms. The van der Waals surface area contributed by atoms with Crippen molar-refractivity contribution in [2.45, 2.75) is 51.9 Å². The van der Waals surface area contributed by atoms with E-state index < -0.39 is 0 Å². The Morgan fingerprint density at radius 2 is 1.89 bits per heavy atom. The van der Waals surface area contributed by atoms with Crippen molar-refractivity contribution in [3.05, 3.63) is 34.8 Å². The van der Waals surface area contributed by atoms with Gasteiger partial charge < -0.3 is 9.80 Å². The molecule has 1 saturated heterocycles. The summed E-state index contributed by atoms with van der Waals surface area (Å²) in [6, 6.07) is 8.29. The Bertz CT molecular complexity index is 818. The number of carbonyl (C=O) groups is 1. The SMILES string of the molecule is CC(C)(C)c1nnc(N2CCC(CC(=O)N3CCc4ccccc43)CC2)s1. The Labute approximate surface area is 165 Å². The summed E-state index contributed by atoms with van der Waals surface area (Å²) in [7, 11) is 0.